The van der Waals surface area contributed by atoms with Crippen molar-refractivity contribution in [1.29, 1.82) is 0 Å². The lowest BCUT2D eigenvalue weighted by atomic mass is 9.81. The summed E-state index contributed by atoms with van der Waals surface area (Å²) in [6, 6.07) is 0. The molecule has 0 aliphatic carbocycles. The topological polar surface area (TPSA) is 75.4 Å². The summed E-state index contributed by atoms with van der Waals surface area (Å²) in [6.07, 6.45) is 1.35. The molecule has 106 valence electrons. The van der Waals surface area contributed by atoms with Gasteiger partial charge in [-0.1, -0.05) is 19.1 Å². The number of piperidine rings is 1. The summed E-state index contributed by atoms with van der Waals surface area (Å²) < 4.78 is 28.4. The highest BCUT2D eigenvalue weighted by molar-refractivity contribution is 7.87. The van der Waals surface area contributed by atoms with Crippen molar-refractivity contribution in [3.05, 3.63) is 0 Å². The molecule has 0 aromatic heterocycles. The highest BCUT2D eigenvalue weighted by Gasteiger charge is 2.37. The van der Waals surface area contributed by atoms with Crippen LogP contribution in [-0.2, 0) is 10.2 Å². The zero-order valence-corrected chi connectivity index (χ0v) is 13.1. The predicted octanol–water partition coefficient (Wildman–Crippen LogP) is 1.01. The minimum absolute atomic E-state index is 0.219. The van der Waals surface area contributed by atoms with E-state index in [9.17, 15) is 8.42 Å². The fraction of sp³-hybridized carbons (Fsp3) is 0.909. The van der Waals surface area contributed by atoms with E-state index in [1.807, 2.05) is 27.7 Å². The molecule has 0 aromatic rings. The summed E-state index contributed by atoms with van der Waals surface area (Å²) in [7, 11) is -3.42. The standard InChI is InChI=1S/C11H23N3O2S2/c1-10(2,3)13-18(15,16)14-7-5-11(4,6-8-14)9(12)17/h13H,5-8H2,1-4H3,(H2,12,17). The lowest BCUT2D eigenvalue weighted by Gasteiger charge is -2.38. The van der Waals surface area contributed by atoms with Crippen molar-refractivity contribution in [1.82, 2.24) is 9.03 Å². The third-order valence-corrected chi connectivity index (χ3v) is 5.60. The average molecular weight is 293 g/mol. The van der Waals surface area contributed by atoms with Crippen LogP contribution in [0, 0.1) is 5.41 Å². The van der Waals surface area contributed by atoms with Gasteiger partial charge in [0.05, 0.1) is 4.99 Å². The minimum Gasteiger partial charge on any atom is -0.393 e. The monoisotopic (exact) mass is 293 g/mol. The maximum atomic E-state index is 12.1. The quantitative estimate of drug-likeness (QED) is 0.762. The average Bonchev–Trinajstić information content (AvgIpc) is 2.14. The van der Waals surface area contributed by atoms with Crippen molar-refractivity contribution in [2.45, 2.75) is 46.1 Å². The molecule has 18 heavy (non-hydrogen) atoms. The molecule has 3 N–H and O–H groups in total. The Morgan fingerprint density at radius 3 is 2.11 bits per heavy atom. The largest absolute Gasteiger partial charge is 0.393 e. The molecule has 1 heterocycles. The summed E-state index contributed by atoms with van der Waals surface area (Å²) in [5.41, 5.74) is 5.02. The van der Waals surface area contributed by atoms with E-state index < -0.39 is 15.7 Å². The molecule has 7 heteroatoms. The minimum atomic E-state index is -3.42. The van der Waals surface area contributed by atoms with Crippen molar-refractivity contribution in [2.75, 3.05) is 13.1 Å². The molecule has 0 bridgehead atoms. The van der Waals surface area contributed by atoms with Gasteiger partial charge in [0.1, 0.15) is 0 Å². The van der Waals surface area contributed by atoms with Crippen LogP contribution in [-0.4, -0.2) is 36.3 Å². The molecule has 1 fully saturated rings. The molecular weight excluding hydrogens is 270 g/mol. The predicted molar refractivity (Wildman–Crippen MR) is 77.5 cm³/mol. The maximum absolute atomic E-state index is 12.1. The molecule has 0 unspecified atom stereocenters. The van der Waals surface area contributed by atoms with Gasteiger partial charge in [0, 0.05) is 24.0 Å². The molecule has 1 aliphatic heterocycles. The van der Waals surface area contributed by atoms with Crippen molar-refractivity contribution >= 4 is 27.4 Å². The first-order valence-electron chi connectivity index (χ1n) is 6.05. The Bertz CT molecular complexity index is 418. The molecule has 0 atom stereocenters. The van der Waals surface area contributed by atoms with Gasteiger partial charge >= 0.3 is 0 Å². The summed E-state index contributed by atoms with van der Waals surface area (Å²) in [6.45, 7) is 8.39. The van der Waals surface area contributed by atoms with Crippen LogP contribution in [0.15, 0.2) is 0 Å². The lowest BCUT2D eigenvalue weighted by molar-refractivity contribution is 0.239. The van der Waals surface area contributed by atoms with E-state index in [1.165, 1.54) is 4.31 Å². The van der Waals surface area contributed by atoms with Gasteiger partial charge in [-0.2, -0.15) is 17.4 Å². The Kier molecular flexibility index (Phi) is 4.42. The molecule has 0 aromatic carbocycles. The number of nitrogens with zero attached hydrogens (tertiary/aromatic N) is 1. The zero-order valence-electron chi connectivity index (χ0n) is 11.5. The van der Waals surface area contributed by atoms with E-state index in [0.29, 0.717) is 30.9 Å². The van der Waals surface area contributed by atoms with E-state index >= 15 is 0 Å². The smallest absolute Gasteiger partial charge is 0.279 e. The second-order valence-electron chi connectivity index (χ2n) is 6.18. The van der Waals surface area contributed by atoms with Crippen LogP contribution in [0.2, 0.25) is 0 Å². The first-order valence-corrected chi connectivity index (χ1v) is 7.90. The molecule has 1 saturated heterocycles. The SMILES string of the molecule is CC(C)(C)NS(=O)(=O)N1CCC(C)(C(N)=S)CC1. The summed E-state index contributed by atoms with van der Waals surface area (Å²) >= 11 is 5.04. The highest BCUT2D eigenvalue weighted by atomic mass is 32.2. The third kappa shape index (κ3) is 3.88. The number of hydrogen-bond donors (Lipinski definition) is 2. The summed E-state index contributed by atoms with van der Waals surface area (Å²) in [5, 5.41) is 0. The Morgan fingerprint density at radius 2 is 1.78 bits per heavy atom. The highest BCUT2D eigenvalue weighted by Crippen LogP contribution is 2.32. The summed E-state index contributed by atoms with van der Waals surface area (Å²) in [4.78, 5) is 0.475. The van der Waals surface area contributed by atoms with Gasteiger partial charge in [-0.15, -0.1) is 0 Å². The first kappa shape index (κ1) is 15.8. The van der Waals surface area contributed by atoms with Crippen molar-refractivity contribution in [3.63, 3.8) is 0 Å². The zero-order chi connectivity index (χ0) is 14.2. The molecule has 1 rings (SSSR count). The lowest BCUT2D eigenvalue weighted by Crippen LogP contribution is -2.53. The number of nitrogens with one attached hydrogen (secondary N) is 1. The second kappa shape index (κ2) is 5.03. The Hall–Kier alpha value is -0.240. The van der Waals surface area contributed by atoms with E-state index in [1.54, 1.807) is 0 Å². The van der Waals surface area contributed by atoms with Crippen LogP contribution in [0.25, 0.3) is 0 Å². The first-order chi connectivity index (χ1) is 7.96. The Balaban J connectivity index is 2.72. The van der Waals surface area contributed by atoms with Gasteiger partial charge in [0.15, 0.2) is 0 Å². The van der Waals surface area contributed by atoms with Crippen LogP contribution in [0.1, 0.15) is 40.5 Å². The maximum Gasteiger partial charge on any atom is 0.279 e. The Labute approximate surface area is 115 Å². The number of rotatable bonds is 3. The molecular formula is C11H23N3O2S2. The van der Waals surface area contributed by atoms with Crippen molar-refractivity contribution in [2.24, 2.45) is 11.1 Å². The van der Waals surface area contributed by atoms with E-state index in [2.05, 4.69) is 4.72 Å². The van der Waals surface area contributed by atoms with Gasteiger partial charge < -0.3 is 5.73 Å². The molecule has 0 saturated carbocycles. The van der Waals surface area contributed by atoms with Crippen LogP contribution < -0.4 is 10.5 Å². The van der Waals surface area contributed by atoms with Gasteiger partial charge in [-0.3, -0.25) is 0 Å². The van der Waals surface area contributed by atoms with Crippen LogP contribution >= 0.6 is 12.2 Å². The fourth-order valence-corrected chi connectivity index (χ4v) is 3.69. The van der Waals surface area contributed by atoms with Crippen molar-refractivity contribution < 1.29 is 8.42 Å². The normalized spacial score (nSPS) is 21.8. The van der Waals surface area contributed by atoms with E-state index in [-0.39, 0.29) is 5.41 Å². The van der Waals surface area contributed by atoms with Gasteiger partial charge in [-0.25, -0.2) is 0 Å². The van der Waals surface area contributed by atoms with E-state index in [4.69, 9.17) is 18.0 Å². The van der Waals surface area contributed by atoms with Crippen LogP contribution in [0.3, 0.4) is 0 Å². The van der Waals surface area contributed by atoms with Gasteiger partial charge in [0.2, 0.25) is 0 Å². The number of hydrogen-bond acceptors (Lipinski definition) is 3. The van der Waals surface area contributed by atoms with Crippen molar-refractivity contribution in [3.8, 4) is 0 Å². The molecule has 0 radical (unpaired) electrons. The van der Waals surface area contributed by atoms with Crippen LogP contribution in [0.5, 0.6) is 0 Å². The van der Waals surface area contributed by atoms with Gasteiger partial charge in [0.25, 0.3) is 10.2 Å². The summed E-state index contributed by atoms with van der Waals surface area (Å²) in [5.74, 6) is 0. The molecule has 5 nitrogen and oxygen atoms in total. The fourth-order valence-electron chi connectivity index (χ4n) is 1.92. The molecule has 1 aliphatic rings. The van der Waals surface area contributed by atoms with Crippen LogP contribution in [0.4, 0.5) is 0 Å². The Morgan fingerprint density at radius 1 is 1.33 bits per heavy atom. The number of nitrogens with two attached hydrogens (primary N) is 1. The molecule has 0 amide bonds. The third-order valence-electron chi connectivity index (χ3n) is 3.20. The second-order valence-corrected chi connectivity index (χ2v) is 8.29. The van der Waals surface area contributed by atoms with Gasteiger partial charge in [-0.05, 0) is 33.6 Å². The van der Waals surface area contributed by atoms with E-state index in [0.717, 1.165) is 0 Å². The molecule has 0 spiro atoms. The number of thiocarbonyl (C=S) groups is 1.